The van der Waals surface area contributed by atoms with Gasteiger partial charge in [-0.25, -0.2) is 4.98 Å². The Morgan fingerprint density at radius 3 is 2.85 bits per heavy atom. The minimum Gasteiger partial charge on any atom is -0.481 e. The molecule has 2 rings (SSSR count). The van der Waals surface area contributed by atoms with Crippen molar-refractivity contribution in [2.45, 2.75) is 25.8 Å². The molecule has 0 saturated carbocycles. The molecule has 5 heteroatoms. The number of benzene rings is 1. The highest BCUT2D eigenvalue weighted by Crippen LogP contribution is 2.09. The van der Waals surface area contributed by atoms with Crippen LogP contribution in [0.25, 0.3) is 10.9 Å². The van der Waals surface area contributed by atoms with Gasteiger partial charge in [0.05, 0.1) is 17.3 Å². The molecule has 102 valence electrons. The van der Waals surface area contributed by atoms with Crippen molar-refractivity contribution in [2.75, 3.05) is 0 Å². The number of terminal acetylenes is 1. The molecule has 1 N–H and O–H groups in total. The molecule has 0 atom stereocenters. The fourth-order valence-corrected chi connectivity index (χ4v) is 2.03. The molecule has 1 aromatic carbocycles. The molecular weight excluding hydrogens is 256 g/mol. The molecule has 0 aliphatic heterocycles. The van der Waals surface area contributed by atoms with Gasteiger partial charge in [-0.1, -0.05) is 12.1 Å². The molecule has 1 aromatic heterocycles. The summed E-state index contributed by atoms with van der Waals surface area (Å²) in [5.41, 5.74) is 0.404. The standard InChI is InChI=1S/C15H14N2O3/c1-2-3-10-17-13(8-9-14(18)19)16-12-7-5-4-6-11(12)15(17)20/h1,4-7H,3,8-10H2,(H,18,19). The third-order valence-corrected chi connectivity index (χ3v) is 2.98. The Morgan fingerprint density at radius 1 is 1.40 bits per heavy atom. The summed E-state index contributed by atoms with van der Waals surface area (Å²) in [6.45, 7) is 0.349. The molecule has 0 bridgehead atoms. The third kappa shape index (κ3) is 2.86. The zero-order chi connectivity index (χ0) is 14.5. The van der Waals surface area contributed by atoms with Crippen molar-refractivity contribution in [3.05, 3.63) is 40.4 Å². The number of hydrogen-bond donors (Lipinski definition) is 1. The first kappa shape index (κ1) is 13.8. The predicted octanol–water partition coefficient (Wildman–Crippen LogP) is 1.44. The van der Waals surface area contributed by atoms with Crippen LogP contribution in [0.2, 0.25) is 0 Å². The van der Waals surface area contributed by atoms with Crippen molar-refractivity contribution in [3.8, 4) is 12.3 Å². The number of aromatic nitrogens is 2. The number of aliphatic carboxylic acids is 1. The minimum absolute atomic E-state index is 0.0686. The van der Waals surface area contributed by atoms with Crippen LogP contribution < -0.4 is 5.56 Å². The first-order valence-electron chi connectivity index (χ1n) is 6.27. The number of aryl methyl sites for hydroxylation is 1. The van der Waals surface area contributed by atoms with Gasteiger partial charge >= 0.3 is 5.97 Å². The Morgan fingerprint density at radius 2 is 2.15 bits per heavy atom. The zero-order valence-corrected chi connectivity index (χ0v) is 10.9. The van der Waals surface area contributed by atoms with Crippen LogP contribution in [0.5, 0.6) is 0 Å². The van der Waals surface area contributed by atoms with Gasteiger partial charge in [0.2, 0.25) is 0 Å². The molecule has 0 radical (unpaired) electrons. The van der Waals surface area contributed by atoms with Crippen LogP contribution in [-0.4, -0.2) is 20.6 Å². The molecule has 0 unspecified atom stereocenters. The quantitative estimate of drug-likeness (QED) is 0.834. The molecule has 5 nitrogen and oxygen atoms in total. The maximum atomic E-state index is 12.4. The van der Waals surface area contributed by atoms with Crippen LogP contribution >= 0.6 is 0 Å². The smallest absolute Gasteiger partial charge is 0.303 e. The molecule has 0 aliphatic carbocycles. The second kappa shape index (κ2) is 6.02. The lowest BCUT2D eigenvalue weighted by Crippen LogP contribution is -2.26. The van der Waals surface area contributed by atoms with Gasteiger partial charge in [0.25, 0.3) is 5.56 Å². The third-order valence-electron chi connectivity index (χ3n) is 2.98. The highest BCUT2D eigenvalue weighted by Gasteiger charge is 2.11. The monoisotopic (exact) mass is 270 g/mol. The Balaban J connectivity index is 2.54. The summed E-state index contributed by atoms with van der Waals surface area (Å²) >= 11 is 0. The lowest BCUT2D eigenvalue weighted by Gasteiger charge is -2.11. The van der Waals surface area contributed by atoms with Gasteiger partial charge < -0.3 is 5.11 Å². The van der Waals surface area contributed by atoms with E-state index in [1.54, 1.807) is 24.3 Å². The number of fused-ring (bicyclic) bond motifs is 1. The zero-order valence-electron chi connectivity index (χ0n) is 10.9. The van der Waals surface area contributed by atoms with Crippen LogP contribution in [0, 0.1) is 12.3 Å². The first-order valence-corrected chi connectivity index (χ1v) is 6.27. The fourth-order valence-electron chi connectivity index (χ4n) is 2.03. The molecule has 0 spiro atoms. The van der Waals surface area contributed by atoms with Crippen molar-refractivity contribution in [3.63, 3.8) is 0 Å². The summed E-state index contributed by atoms with van der Waals surface area (Å²) in [5, 5.41) is 9.29. The largest absolute Gasteiger partial charge is 0.481 e. The van der Waals surface area contributed by atoms with Gasteiger partial charge in [-0.05, 0) is 12.1 Å². The number of rotatable bonds is 5. The van der Waals surface area contributed by atoms with E-state index in [-0.39, 0.29) is 18.4 Å². The van der Waals surface area contributed by atoms with Gasteiger partial charge in [0.15, 0.2) is 0 Å². The summed E-state index contributed by atoms with van der Waals surface area (Å²) in [4.78, 5) is 27.5. The maximum Gasteiger partial charge on any atom is 0.303 e. The van der Waals surface area contributed by atoms with Gasteiger partial charge in [-0.3, -0.25) is 14.2 Å². The van der Waals surface area contributed by atoms with Gasteiger partial charge in [0.1, 0.15) is 5.82 Å². The van der Waals surface area contributed by atoms with Crippen LogP contribution in [-0.2, 0) is 17.8 Å². The van der Waals surface area contributed by atoms with Crippen molar-refractivity contribution in [1.29, 1.82) is 0 Å². The Bertz CT molecular complexity index is 741. The number of carboxylic acids is 1. The lowest BCUT2D eigenvalue weighted by molar-refractivity contribution is -0.137. The molecule has 20 heavy (non-hydrogen) atoms. The van der Waals surface area contributed by atoms with E-state index < -0.39 is 5.97 Å². The average molecular weight is 270 g/mol. The highest BCUT2D eigenvalue weighted by molar-refractivity contribution is 5.77. The van der Waals surface area contributed by atoms with Crippen molar-refractivity contribution < 1.29 is 9.90 Å². The van der Waals surface area contributed by atoms with E-state index in [4.69, 9.17) is 11.5 Å². The SMILES string of the molecule is C#CCCn1c(CCC(=O)O)nc2ccccc2c1=O. The average Bonchev–Trinajstić information content (AvgIpc) is 2.44. The van der Waals surface area contributed by atoms with Crippen LogP contribution in [0.3, 0.4) is 0 Å². The highest BCUT2D eigenvalue weighted by atomic mass is 16.4. The number of para-hydroxylation sites is 1. The number of carboxylic acid groups (broad SMARTS) is 1. The van der Waals surface area contributed by atoms with E-state index >= 15 is 0 Å². The lowest BCUT2D eigenvalue weighted by atomic mass is 10.2. The Hall–Kier alpha value is -2.61. The van der Waals surface area contributed by atoms with Gasteiger partial charge in [-0.2, -0.15) is 0 Å². The van der Waals surface area contributed by atoms with Crippen LogP contribution in [0.1, 0.15) is 18.7 Å². The van der Waals surface area contributed by atoms with E-state index in [2.05, 4.69) is 10.9 Å². The summed E-state index contributed by atoms with van der Waals surface area (Å²) < 4.78 is 1.48. The molecule has 0 amide bonds. The summed E-state index contributed by atoms with van der Waals surface area (Å²) in [6.07, 6.45) is 5.77. The fraction of sp³-hybridized carbons (Fsp3) is 0.267. The van der Waals surface area contributed by atoms with E-state index in [1.165, 1.54) is 4.57 Å². The number of hydrogen-bond acceptors (Lipinski definition) is 3. The number of nitrogens with zero attached hydrogens (tertiary/aromatic N) is 2. The van der Waals surface area contributed by atoms with Crippen LogP contribution in [0.4, 0.5) is 0 Å². The normalized spacial score (nSPS) is 10.3. The maximum absolute atomic E-state index is 12.4. The molecule has 1 heterocycles. The topological polar surface area (TPSA) is 72.2 Å². The summed E-state index contributed by atoms with van der Waals surface area (Å²) in [7, 11) is 0. The van der Waals surface area contributed by atoms with Gasteiger partial charge in [-0.15, -0.1) is 12.3 Å². The van der Waals surface area contributed by atoms with Gasteiger partial charge in [0, 0.05) is 19.4 Å². The summed E-state index contributed by atoms with van der Waals surface area (Å²) in [6, 6.07) is 7.01. The Kier molecular flexibility index (Phi) is 4.16. The minimum atomic E-state index is -0.920. The molecule has 2 aromatic rings. The van der Waals surface area contributed by atoms with E-state index in [0.29, 0.717) is 29.7 Å². The second-order valence-corrected chi connectivity index (χ2v) is 4.35. The van der Waals surface area contributed by atoms with E-state index in [0.717, 1.165) is 0 Å². The predicted molar refractivity (Wildman–Crippen MR) is 75.4 cm³/mol. The molecular formula is C15H14N2O3. The van der Waals surface area contributed by atoms with E-state index in [9.17, 15) is 9.59 Å². The van der Waals surface area contributed by atoms with E-state index in [1.807, 2.05) is 0 Å². The second-order valence-electron chi connectivity index (χ2n) is 4.35. The van der Waals surface area contributed by atoms with Crippen molar-refractivity contribution in [1.82, 2.24) is 9.55 Å². The van der Waals surface area contributed by atoms with Crippen molar-refractivity contribution in [2.24, 2.45) is 0 Å². The molecule has 0 saturated heterocycles. The van der Waals surface area contributed by atoms with Crippen LogP contribution in [0.15, 0.2) is 29.1 Å². The molecule has 0 aliphatic rings. The molecule has 0 fully saturated rings. The number of carbonyl (C=O) groups is 1. The van der Waals surface area contributed by atoms with Crippen molar-refractivity contribution >= 4 is 16.9 Å². The Labute approximate surface area is 115 Å². The first-order chi connectivity index (χ1) is 9.63. The summed E-state index contributed by atoms with van der Waals surface area (Å²) in [5.74, 6) is 2.02.